The normalized spacial score (nSPS) is 9.93. The molecule has 0 aliphatic rings. The Kier molecular flexibility index (Phi) is 3.69. The Hall–Kier alpha value is -1.31. The molecular formula is C12H16O2. The highest BCUT2D eigenvalue weighted by molar-refractivity contribution is 5.75. The van der Waals surface area contributed by atoms with Crippen LogP contribution >= 0.6 is 0 Å². The van der Waals surface area contributed by atoms with Gasteiger partial charge in [-0.3, -0.25) is 0 Å². The molecule has 76 valence electrons. The van der Waals surface area contributed by atoms with E-state index in [1.54, 1.807) is 14.0 Å². The van der Waals surface area contributed by atoms with Crippen LogP contribution in [0.5, 0.6) is 5.75 Å². The number of benzene rings is 1. The third-order valence-electron chi connectivity index (χ3n) is 2.36. The van der Waals surface area contributed by atoms with Crippen molar-refractivity contribution in [3.63, 3.8) is 0 Å². The second kappa shape index (κ2) is 4.80. The summed E-state index contributed by atoms with van der Waals surface area (Å²) < 4.78 is 5.21. The fourth-order valence-electron chi connectivity index (χ4n) is 1.46. The number of Topliss-reactive ketones (excluding diaryl/α,β-unsaturated/α-hetero) is 1. The van der Waals surface area contributed by atoms with E-state index in [2.05, 4.69) is 0 Å². The zero-order valence-electron chi connectivity index (χ0n) is 8.96. The van der Waals surface area contributed by atoms with Gasteiger partial charge in [-0.25, -0.2) is 0 Å². The Morgan fingerprint density at radius 1 is 1.43 bits per heavy atom. The van der Waals surface area contributed by atoms with Crippen molar-refractivity contribution in [3.8, 4) is 5.75 Å². The average Bonchev–Trinajstić information content (AvgIpc) is 2.16. The summed E-state index contributed by atoms with van der Waals surface area (Å²) in [5.41, 5.74) is 2.33. The Bertz CT molecular complexity index is 329. The van der Waals surface area contributed by atoms with E-state index >= 15 is 0 Å². The van der Waals surface area contributed by atoms with E-state index in [0.717, 1.165) is 17.7 Å². The van der Waals surface area contributed by atoms with Crippen molar-refractivity contribution >= 4 is 5.78 Å². The monoisotopic (exact) mass is 192 g/mol. The predicted molar refractivity (Wildman–Crippen MR) is 56.7 cm³/mol. The van der Waals surface area contributed by atoms with Gasteiger partial charge >= 0.3 is 0 Å². The maximum atomic E-state index is 10.9. The molecule has 2 heteroatoms. The van der Waals surface area contributed by atoms with Crippen LogP contribution in [0.4, 0.5) is 0 Å². The van der Waals surface area contributed by atoms with E-state index < -0.39 is 0 Å². The van der Waals surface area contributed by atoms with Gasteiger partial charge in [0.05, 0.1) is 7.11 Å². The summed E-state index contributed by atoms with van der Waals surface area (Å²) in [7, 11) is 1.66. The maximum absolute atomic E-state index is 10.9. The third-order valence-corrected chi connectivity index (χ3v) is 2.36. The molecule has 0 N–H and O–H groups in total. The lowest BCUT2D eigenvalue weighted by atomic mass is 10.0. The summed E-state index contributed by atoms with van der Waals surface area (Å²) in [6, 6.07) is 5.94. The van der Waals surface area contributed by atoms with Crippen LogP contribution in [0, 0.1) is 6.92 Å². The molecule has 1 rings (SSSR count). The van der Waals surface area contributed by atoms with Crippen LogP contribution in [0.2, 0.25) is 0 Å². The van der Waals surface area contributed by atoms with Crippen molar-refractivity contribution in [1.29, 1.82) is 0 Å². The number of carbonyl (C=O) groups is 1. The second-order valence-electron chi connectivity index (χ2n) is 3.45. The van der Waals surface area contributed by atoms with Crippen LogP contribution in [-0.2, 0) is 11.2 Å². The predicted octanol–water partition coefficient (Wildman–Crippen LogP) is 2.53. The highest BCUT2D eigenvalue weighted by Gasteiger charge is 2.04. The minimum Gasteiger partial charge on any atom is -0.496 e. The van der Waals surface area contributed by atoms with Gasteiger partial charge in [0.1, 0.15) is 11.5 Å². The Labute approximate surface area is 84.9 Å². The summed E-state index contributed by atoms with van der Waals surface area (Å²) in [5, 5.41) is 0. The number of aryl methyl sites for hydroxylation is 1. The molecule has 0 aromatic heterocycles. The molecule has 0 heterocycles. The smallest absolute Gasteiger partial charge is 0.130 e. The van der Waals surface area contributed by atoms with E-state index in [1.165, 1.54) is 5.56 Å². The summed E-state index contributed by atoms with van der Waals surface area (Å²) in [5.74, 6) is 1.12. The summed E-state index contributed by atoms with van der Waals surface area (Å²) in [4.78, 5) is 10.9. The third kappa shape index (κ3) is 2.59. The van der Waals surface area contributed by atoms with Gasteiger partial charge in [0.2, 0.25) is 0 Å². The number of rotatable bonds is 4. The fourth-order valence-corrected chi connectivity index (χ4v) is 1.46. The van der Waals surface area contributed by atoms with Crippen LogP contribution in [0.25, 0.3) is 0 Å². The van der Waals surface area contributed by atoms with E-state index in [9.17, 15) is 4.79 Å². The van der Waals surface area contributed by atoms with Crippen LogP contribution in [0.3, 0.4) is 0 Å². The van der Waals surface area contributed by atoms with Crippen molar-refractivity contribution in [2.45, 2.75) is 26.7 Å². The first-order valence-electron chi connectivity index (χ1n) is 4.77. The first kappa shape index (κ1) is 10.8. The summed E-state index contributed by atoms with van der Waals surface area (Å²) in [6.07, 6.45) is 1.41. The van der Waals surface area contributed by atoms with Crippen LogP contribution in [0.15, 0.2) is 18.2 Å². The van der Waals surface area contributed by atoms with Crippen molar-refractivity contribution in [1.82, 2.24) is 0 Å². The van der Waals surface area contributed by atoms with Crippen molar-refractivity contribution in [2.75, 3.05) is 7.11 Å². The highest BCUT2D eigenvalue weighted by Crippen LogP contribution is 2.21. The molecule has 14 heavy (non-hydrogen) atoms. The Morgan fingerprint density at radius 2 is 2.14 bits per heavy atom. The SMILES string of the molecule is COc1cccc(CCC(C)=O)c1C. The zero-order chi connectivity index (χ0) is 10.6. The number of methoxy groups -OCH3 is 1. The minimum absolute atomic E-state index is 0.229. The summed E-state index contributed by atoms with van der Waals surface area (Å²) in [6.45, 7) is 3.64. The molecule has 0 saturated heterocycles. The first-order valence-corrected chi connectivity index (χ1v) is 4.77. The number of hydrogen-bond acceptors (Lipinski definition) is 2. The van der Waals surface area contributed by atoms with E-state index in [-0.39, 0.29) is 5.78 Å². The molecule has 1 aromatic rings. The minimum atomic E-state index is 0.229. The largest absolute Gasteiger partial charge is 0.496 e. The fraction of sp³-hybridized carbons (Fsp3) is 0.417. The number of ether oxygens (including phenoxy) is 1. The molecule has 0 unspecified atom stereocenters. The molecule has 2 nitrogen and oxygen atoms in total. The van der Waals surface area contributed by atoms with Crippen LogP contribution in [0.1, 0.15) is 24.5 Å². The highest BCUT2D eigenvalue weighted by atomic mass is 16.5. The standard InChI is InChI=1S/C12H16O2/c1-9(13)7-8-11-5-4-6-12(14-3)10(11)2/h4-6H,7-8H2,1-3H3. The molecule has 0 saturated carbocycles. The second-order valence-corrected chi connectivity index (χ2v) is 3.45. The van der Waals surface area contributed by atoms with Gasteiger partial charge < -0.3 is 9.53 Å². The number of carbonyl (C=O) groups excluding carboxylic acids is 1. The molecule has 0 aliphatic heterocycles. The molecule has 0 atom stereocenters. The van der Waals surface area contributed by atoms with E-state index in [4.69, 9.17) is 4.74 Å². The van der Waals surface area contributed by atoms with Gasteiger partial charge in [-0.15, -0.1) is 0 Å². The molecule has 1 aromatic carbocycles. The van der Waals surface area contributed by atoms with Crippen LogP contribution in [-0.4, -0.2) is 12.9 Å². The van der Waals surface area contributed by atoms with Gasteiger partial charge in [0.15, 0.2) is 0 Å². The molecule has 0 aliphatic carbocycles. The molecule has 0 bridgehead atoms. The Morgan fingerprint density at radius 3 is 2.71 bits per heavy atom. The lowest BCUT2D eigenvalue weighted by molar-refractivity contribution is -0.116. The van der Waals surface area contributed by atoms with Crippen LogP contribution < -0.4 is 4.74 Å². The molecular weight excluding hydrogens is 176 g/mol. The van der Waals surface area contributed by atoms with Crippen molar-refractivity contribution in [2.24, 2.45) is 0 Å². The Balaban J connectivity index is 2.81. The molecule has 0 radical (unpaired) electrons. The maximum Gasteiger partial charge on any atom is 0.130 e. The van der Waals surface area contributed by atoms with Crippen molar-refractivity contribution < 1.29 is 9.53 Å². The lowest BCUT2D eigenvalue weighted by Gasteiger charge is -2.09. The zero-order valence-corrected chi connectivity index (χ0v) is 8.96. The molecule has 0 spiro atoms. The molecule has 0 amide bonds. The molecule has 0 fully saturated rings. The van der Waals surface area contributed by atoms with Gasteiger partial charge in [-0.05, 0) is 37.5 Å². The quantitative estimate of drug-likeness (QED) is 0.732. The number of hydrogen-bond donors (Lipinski definition) is 0. The first-order chi connectivity index (χ1) is 6.65. The summed E-state index contributed by atoms with van der Waals surface area (Å²) >= 11 is 0. The van der Waals surface area contributed by atoms with E-state index in [0.29, 0.717) is 6.42 Å². The lowest BCUT2D eigenvalue weighted by Crippen LogP contribution is -1.97. The van der Waals surface area contributed by atoms with Gasteiger partial charge in [-0.2, -0.15) is 0 Å². The average molecular weight is 192 g/mol. The van der Waals surface area contributed by atoms with Gasteiger partial charge in [-0.1, -0.05) is 12.1 Å². The number of ketones is 1. The van der Waals surface area contributed by atoms with Gasteiger partial charge in [0, 0.05) is 6.42 Å². The van der Waals surface area contributed by atoms with Crippen molar-refractivity contribution in [3.05, 3.63) is 29.3 Å². The van der Waals surface area contributed by atoms with Gasteiger partial charge in [0.25, 0.3) is 0 Å². The topological polar surface area (TPSA) is 26.3 Å². The van der Waals surface area contributed by atoms with E-state index in [1.807, 2.05) is 25.1 Å².